The molecule has 0 radical (unpaired) electrons. The van der Waals surface area contributed by atoms with Crippen molar-refractivity contribution in [3.8, 4) is 11.5 Å². The fraction of sp³-hybridized carbons (Fsp3) is 0.731. The van der Waals surface area contributed by atoms with Crippen molar-refractivity contribution >= 4 is 5.97 Å². The molecule has 1 aromatic carbocycles. The van der Waals surface area contributed by atoms with Gasteiger partial charge in [-0.1, -0.05) is 6.92 Å². The molecule has 1 saturated carbocycles. The van der Waals surface area contributed by atoms with E-state index in [2.05, 4.69) is 0 Å². The molecular formula is C26H34O9. The number of carbonyl (C=O) groups excluding carboxylic acids is 1. The number of rotatable bonds is 2. The summed E-state index contributed by atoms with van der Waals surface area (Å²) >= 11 is 0. The molecule has 1 aromatic rings. The third-order valence-electron chi connectivity index (χ3n) is 9.70. The van der Waals surface area contributed by atoms with Gasteiger partial charge in [0.15, 0.2) is 0 Å². The molecule has 9 heteroatoms. The number of cyclic esters (lactones) is 1. The Morgan fingerprint density at radius 2 is 1.71 bits per heavy atom. The smallest absolute Gasteiger partial charge is 0.342 e. The zero-order valence-corrected chi connectivity index (χ0v) is 21.3. The number of aliphatic hydroxyl groups is 2. The predicted molar refractivity (Wildman–Crippen MR) is 121 cm³/mol. The van der Waals surface area contributed by atoms with Crippen molar-refractivity contribution < 1.29 is 43.4 Å². The Hall–Kier alpha value is -1.91. The van der Waals surface area contributed by atoms with E-state index in [0.29, 0.717) is 29.9 Å². The first kappa shape index (κ1) is 23.5. The fourth-order valence-electron chi connectivity index (χ4n) is 8.32. The lowest BCUT2D eigenvalue weighted by molar-refractivity contribution is -0.423. The molecule has 4 heterocycles. The lowest BCUT2D eigenvalue weighted by Crippen LogP contribution is -2.78. The minimum absolute atomic E-state index is 0.182. The second kappa shape index (κ2) is 6.69. The van der Waals surface area contributed by atoms with E-state index in [4.69, 9.17) is 28.4 Å². The number of hydrogen-bond acceptors (Lipinski definition) is 9. The Kier molecular flexibility index (Phi) is 4.49. The van der Waals surface area contributed by atoms with E-state index >= 15 is 0 Å². The van der Waals surface area contributed by atoms with Crippen LogP contribution >= 0.6 is 0 Å². The minimum Gasteiger partial charge on any atom is -0.495 e. The zero-order chi connectivity index (χ0) is 25.3. The highest BCUT2D eigenvalue weighted by Crippen LogP contribution is 2.70. The van der Waals surface area contributed by atoms with Gasteiger partial charge in [-0.15, -0.1) is 0 Å². The van der Waals surface area contributed by atoms with Gasteiger partial charge in [-0.2, -0.15) is 0 Å². The van der Waals surface area contributed by atoms with Gasteiger partial charge >= 0.3 is 11.9 Å². The minimum atomic E-state index is -1.65. The van der Waals surface area contributed by atoms with E-state index in [1.54, 1.807) is 7.11 Å². The maximum Gasteiger partial charge on any atom is 0.342 e. The Labute approximate surface area is 204 Å². The number of methoxy groups -OCH3 is 2. The van der Waals surface area contributed by atoms with E-state index < -0.39 is 46.4 Å². The molecule has 1 spiro atoms. The molecule has 0 aromatic heterocycles. The van der Waals surface area contributed by atoms with Crippen LogP contribution in [0.3, 0.4) is 0 Å². The van der Waals surface area contributed by atoms with Crippen molar-refractivity contribution in [1.82, 2.24) is 0 Å². The number of fused-ring (bicyclic) bond motifs is 5. The van der Waals surface area contributed by atoms with Crippen LogP contribution in [0.4, 0.5) is 0 Å². The summed E-state index contributed by atoms with van der Waals surface area (Å²) < 4.78 is 36.3. The zero-order valence-electron chi connectivity index (χ0n) is 21.3. The van der Waals surface area contributed by atoms with Crippen molar-refractivity contribution in [2.24, 2.45) is 11.3 Å². The Bertz CT molecular complexity index is 1150. The highest BCUT2D eigenvalue weighted by Gasteiger charge is 2.82. The molecule has 192 valence electrons. The summed E-state index contributed by atoms with van der Waals surface area (Å²) in [6.45, 7) is 9.91. The van der Waals surface area contributed by atoms with Crippen LogP contribution in [0.5, 0.6) is 11.5 Å². The van der Waals surface area contributed by atoms with Crippen LogP contribution in [-0.4, -0.2) is 65.4 Å². The Morgan fingerprint density at radius 3 is 2.37 bits per heavy atom. The predicted octanol–water partition coefficient (Wildman–Crippen LogP) is 2.38. The number of ether oxygens (including phenoxy) is 6. The van der Waals surface area contributed by atoms with Crippen molar-refractivity contribution in [2.75, 3.05) is 14.2 Å². The molecule has 7 atom stereocenters. The van der Waals surface area contributed by atoms with Crippen molar-refractivity contribution in [2.45, 2.75) is 95.5 Å². The quantitative estimate of drug-likeness (QED) is 0.603. The second-order valence-corrected chi connectivity index (χ2v) is 11.7. The normalized spacial score (nSPS) is 44.5. The van der Waals surface area contributed by atoms with Gasteiger partial charge in [-0.05, 0) is 46.1 Å². The summed E-state index contributed by atoms with van der Waals surface area (Å²) in [5.41, 5.74) is -0.813. The summed E-state index contributed by atoms with van der Waals surface area (Å²) in [5, 5.41) is 23.0. The number of benzene rings is 1. The van der Waals surface area contributed by atoms with Gasteiger partial charge in [-0.25, -0.2) is 4.79 Å². The summed E-state index contributed by atoms with van der Waals surface area (Å²) in [7, 11) is 2.99. The van der Waals surface area contributed by atoms with Gasteiger partial charge in [0.25, 0.3) is 0 Å². The van der Waals surface area contributed by atoms with Crippen LogP contribution < -0.4 is 9.47 Å². The maximum atomic E-state index is 12.6. The molecule has 0 unspecified atom stereocenters. The Morgan fingerprint density at radius 1 is 1.00 bits per heavy atom. The SMILES string of the molecule is COc1c2c(c(C)c3c1C(=O)OC3)O[C@]1(C)C[C@H](O)[C@@]34O[C@@](OC)(OC3(C)C)[C@H](O)C[C@@]4(C)[C@H]1C2. The van der Waals surface area contributed by atoms with Crippen LogP contribution in [0.15, 0.2) is 0 Å². The first-order chi connectivity index (χ1) is 16.3. The fourth-order valence-corrected chi connectivity index (χ4v) is 8.32. The molecule has 4 aliphatic heterocycles. The molecule has 35 heavy (non-hydrogen) atoms. The van der Waals surface area contributed by atoms with Crippen LogP contribution in [0, 0.1) is 18.3 Å². The molecule has 3 fully saturated rings. The van der Waals surface area contributed by atoms with E-state index in [9.17, 15) is 15.0 Å². The van der Waals surface area contributed by atoms with Crippen LogP contribution in [0.2, 0.25) is 0 Å². The topological polar surface area (TPSA) is 113 Å². The van der Waals surface area contributed by atoms with Gasteiger partial charge in [0.05, 0.1) is 13.2 Å². The molecule has 2 saturated heterocycles. The molecule has 1 aliphatic carbocycles. The number of esters is 1. The summed E-state index contributed by atoms with van der Waals surface area (Å²) in [6.07, 6.45) is -0.954. The van der Waals surface area contributed by atoms with Gasteiger partial charge in [0.2, 0.25) is 0 Å². The third kappa shape index (κ3) is 2.44. The van der Waals surface area contributed by atoms with E-state index in [1.807, 2.05) is 34.6 Å². The molecule has 6 rings (SSSR count). The highest BCUT2D eigenvalue weighted by atomic mass is 16.9. The number of hydrogen-bond donors (Lipinski definition) is 2. The average Bonchev–Trinajstić information content (AvgIpc) is 3.27. The van der Waals surface area contributed by atoms with Gasteiger partial charge in [0, 0.05) is 36.0 Å². The summed E-state index contributed by atoms with van der Waals surface area (Å²) in [6, 6.07) is 0. The van der Waals surface area contributed by atoms with E-state index in [0.717, 1.165) is 16.7 Å². The van der Waals surface area contributed by atoms with Crippen molar-refractivity contribution in [3.63, 3.8) is 0 Å². The molecule has 9 nitrogen and oxygen atoms in total. The number of carbonyl (C=O) groups is 1. The summed E-state index contributed by atoms with van der Waals surface area (Å²) in [4.78, 5) is 12.6. The van der Waals surface area contributed by atoms with Crippen LogP contribution in [-0.2, 0) is 32.0 Å². The molecule has 2 N–H and O–H groups in total. The van der Waals surface area contributed by atoms with E-state index in [-0.39, 0.29) is 18.9 Å². The van der Waals surface area contributed by atoms with Crippen molar-refractivity contribution in [1.29, 1.82) is 0 Å². The van der Waals surface area contributed by atoms with Gasteiger partial charge in [0.1, 0.15) is 46.6 Å². The average molecular weight is 491 g/mol. The lowest BCUT2D eigenvalue weighted by Gasteiger charge is -2.66. The van der Waals surface area contributed by atoms with Crippen molar-refractivity contribution in [3.05, 3.63) is 22.3 Å². The molecule has 5 aliphatic rings. The number of aliphatic hydroxyl groups excluding tert-OH is 2. The first-order valence-electron chi connectivity index (χ1n) is 12.2. The first-order valence-corrected chi connectivity index (χ1v) is 12.2. The Balaban J connectivity index is 1.57. The van der Waals surface area contributed by atoms with Crippen LogP contribution in [0.25, 0.3) is 0 Å². The summed E-state index contributed by atoms with van der Waals surface area (Å²) in [5.74, 6) is -1.11. The van der Waals surface area contributed by atoms with E-state index in [1.165, 1.54) is 7.11 Å². The molecular weight excluding hydrogens is 456 g/mol. The highest BCUT2D eigenvalue weighted by molar-refractivity contribution is 5.98. The lowest BCUT2D eigenvalue weighted by atomic mass is 9.45. The van der Waals surface area contributed by atoms with Gasteiger partial charge < -0.3 is 38.6 Å². The standard InChI is InChI=1S/C26H34O9/c1-12-14-11-32-21(29)18(14)20(30-6)13-8-15-23(4)9-17(28)26(31-7)34-22(2,3)25(23,35-26)16(27)10-24(15,5)33-19(12)13/h15-17,27-28H,8-11H2,1-7H3/t15-,16+,17-,23+,24-,25-,26+/m1/s1. The van der Waals surface area contributed by atoms with Crippen LogP contribution in [0.1, 0.15) is 67.6 Å². The molecule has 0 amide bonds. The largest absolute Gasteiger partial charge is 0.495 e. The maximum absolute atomic E-state index is 12.6. The monoisotopic (exact) mass is 490 g/mol. The third-order valence-corrected chi connectivity index (χ3v) is 9.70. The van der Waals surface area contributed by atoms with Gasteiger partial charge in [-0.3, -0.25) is 0 Å². The second-order valence-electron chi connectivity index (χ2n) is 11.7. The molecule has 2 bridgehead atoms.